The highest BCUT2D eigenvalue weighted by atomic mass is 32.1. The fraction of sp³-hybridized carbons (Fsp3) is 0.615. The van der Waals surface area contributed by atoms with Gasteiger partial charge in [0.05, 0.1) is 13.0 Å². The van der Waals surface area contributed by atoms with E-state index in [-0.39, 0.29) is 12.5 Å². The monoisotopic (exact) mass is 268 g/mol. The predicted molar refractivity (Wildman–Crippen MR) is 72.7 cm³/mol. The van der Waals surface area contributed by atoms with Crippen LogP contribution in [0, 0.1) is 0 Å². The van der Waals surface area contributed by atoms with Crippen molar-refractivity contribution < 1.29 is 9.90 Å². The van der Waals surface area contributed by atoms with Gasteiger partial charge < -0.3 is 10.0 Å². The average Bonchev–Trinajstić information content (AvgIpc) is 2.74. The van der Waals surface area contributed by atoms with Crippen LogP contribution in [0.3, 0.4) is 0 Å². The van der Waals surface area contributed by atoms with E-state index in [4.69, 9.17) is 5.11 Å². The summed E-state index contributed by atoms with van der Waals surface area (Å²) in [6.07, 6.45) is 1.51. The Morgan fingerprint density at radius 2 is 2.22 bits per heavy atom. The standard InChI is InChI=1S/C13H20N2O2S/c16-8-7-14-3-1-4-15(6-5-14)13(17)10-12-2-9-18-11-12/h2,9,11,16H,1,3-8,10H2. The summed E-state index contributed by atoms with van der Waals surface area (Å²) >= 11 is 1.63. The Bertz CT molecular complexity index is 367. The van der Waals surface area contributed by atoms with E-state index in [1.54, 1.807) is 11.3 Å². The normalized spacial score (nSPS) is 17.7. The van der Waals surface area contributed by atoms with Crippen LogP contribution in [-0.2, 0) is 11.2 Å². The van der Waals surface area contributed by atoms with Crippen molar-refractivity contribution in [1.82, 2.24) is 9.80 Å². The van der Waals surface area contributed by atoms with Crippen LogP contribution in [0.4, 0.5) is 0 Å². The minimum atomic E-state index is 0.197. The van der Waals surface area contributed by atoms with Gasteiger partial charge >= 0.3 is 0 Å². The van der Waals surface area contributed by atoms with E-state index in [0.717, 1.165) is 38.2 Å². The first-order valence-electron chi connectivity index (χ1n) is 6.41. The van der Waals surface area contributed by atoms with Crippen molar-refractivity contribution >= 4 is 17.2 Å². The van der Waals surface area contributed by atoms with Crippen LogP contribution in [-0.4, -0.2) is 60.1 Å². The van der Waals surface area contributed by atoms with Crippen LogP contribution < -0.4 is 0 Å². The minimum Gasteiger partial charge on any atom is -0.395 e. The zero-order valence-corrected chi connectivity index (χ0v) is 11.4. The largest absolute Gasteiger partial charge is 0.395 e. The average molecular weight is 268 g/mol. The maximum atomic E-state index is 12.1. The fourth-order valence-electron chi connectivity index (χ4n) is 2.27. The molecule has 1 amide bonds. The van der Waals surface area contributed by atoms with Gasteiger partial charge in [0.15, 0.2) is 0 Å². The molecule has 1 aromatic heterocycles. The van der Waals surface area contributed by atoms with Crippen molar-refractivity contribution in [3.05, 3.63) is 22.4 Å². The third-order valence-corrected chi connectivity index (χ3v) is 4.02. The summed E-state index contributed by atoms with van der Waals surface area (Å²) in [6, 6.07) is 2.01. The number of carbonyl (C=O) groups excluding carboxylic acids is 1. The number of nitrogens with zero attached hydrogens (tertiary/aromatic N) is 2. The molecule has 1 aromatic rings. The Hall–Kier alpha value is -0.910. The van der Waals surface area contributed by atoms with E-state index in [1.165, 1.54) is 0 Å². The number of amides is 1. The molecule has 1 N–H and O–H groups in total. The Labute approximate surface area is 112 Å². The molecule has 0 aliphatic carbocycles. The van der Waals surface area contributed by atoms with Crippen molar-refractivity contribution in [1.29, 1.82) is 0 Å². The molecular weight excluding hydrogens is 248 g/mol. The molecule has 0 bridgehead atoms. The maximum Gasteiger partial charge on any atom is 0.227 e. The smallest absolute Gasteiger partial charge is 0.227 e. The summed E-state index contributed by atoms with van der Waals surface area (Å²) in [4.78, 5) is 16.3. The molecule has 1 aliphatic rings. The second kappa shape index (κ2) is 6.87. The number of aliphatic hydroxyl groups excluding tert-OH is 1. The molecule has 0 spiro atoms. The molecular formula is C13H20N2O2S. The lowest BCUT2D eigenvalue weighted by atomic mass is 10.2. The van der Waals surface area contributed by atoms with Crippen LogP contribution in [0.15, 0.2) is 16.8 Å². The van der Waals surface area contributed by atoms with E-state index in [1.807, 2.05) is 21.7 Å². The maximum absolute atomic E-state index is 12.1. The molecule has 5 heteroatoms. The second-order valence-corrected chi connectivity index (χ2v) is 5.39. The SMILES string of the molecule is O=C(Cc1ccsc1)N1CCCN(CCO)CC1. The molecule has 2 heterocycles. The van der Waals surface area contributed by atoms with Crippen molar-refractivity contribution in [2.75, 3.05) is 39.3 Å². The first kappa shape index (κ1) is 13.5. The lowest BCUT2D eigenvalue weighted by Gasteiger charge is -2.21. The van der Waals surface area contributed by atoms with Gasteiger partial charge in [-0.3, -0.25) is 9.69 Å². The number of thiophene rings is 1. The van der Waals surface area contributed by atoms with Crippen molar-refractivity contribution in [3.8, 4) is 0 Å². The second-order valence-electron chi connectivity index (χ2n) is 4.61. The molecule has 0 unspecified atom stereocenters. The lowest BCUT2D eigenvalue weighted by molar-refractivity contribution is -0.130. The molecule has 0 aromatic carbocycles. The van der Waals surface area contributed by atoms with Gasteiger partial charge in [0.1, 0.15) is 0 Å². The molecule has 0 saturated carbocycles. The van der Waals surface area contributed by atoms with Crippen LogP contribution in [0.1, 0.15) is 12.0 Å². The number of carbonyl (C=O) groups is 1. The fourth-order valence-corrected chi connectivity index (χ4v) is 2.93. The highest BCUT2D eigenvalue weighted by Crippen LogP contribution is 2.10. The van der Waals surface area contributed by atoms with Crippen LogP contribution in [0.25, 0.3) is 0 Å². The summed E-state index contributed by atoms with van der Waals surface area (Å²) in [5.41, 5.74) is 1.11. The summed E-state index contributed by atoms with van der Waals surface area (Å²) < 4.78 is 0. The molecule has 0 atom stereocenters. The minimum absolute atomic E-state index is 0.197. The molecule has 1 saturated heterocycles. The van der Waals surface area contributed by atoms with E-state index < -0.39 is 0 Å². The summed E-state index contributed by atoms with van der Waals surface area (Å²) in [6.45, 7) is 4.38. The predicted octanol–water partition coefficient (Wildman–Crippen LogP) is 0.817. The number of aliphatic hydroxyl groups is 1. The summed E-state index contributed by atoms with van der Waals surface area (Å²) in [5, 5.41) is 13.0. The zero-order chi connectivity index (χ0) is 12.8. The Morgan fingerprint density at radius 3 is 2.94 bits per heavy atom. The third-order valence-electron chi connectivity index (χ3n) is 3.29. The Balaban J connectivity index is 1.83. The number of hydrogen-bond donors (Lipinski definition) is 1. The van der Waals surface area contributed by atoms with E-state index in [0.29, 0.717) is 13.0 Å². The van der Waals surface area contributed by atoms with Crippen molar-refractivity contribution in [2.24, 2.45) is 0 Å². The van der Waals surface area contributed by atoms with Gasteiger partial charge in [-0.2, -0.15) is 11.3 Å². The molecule has 2 rings (SSSR count). The molecule has 4 nitrogen and oxygen atoms in total. The van der Waals surface area contributed by atoms with E-state index in [2.05, 4.69) is 4.90 Å². The van der Waals surface area contributed by atoms with Gasteiger partial charge in [-0.25, -0.2) is 0 Å². The van der Waals surface area contributed by atoms with Crippen molar-refractivity contribution in [2.45, 2.75) is 12.8 Å². The molecule has 1 fully saturated rings. The first-order valence-corrected chi connectivity index (χ1v) is 7.36. The van der Waals surface area contributed by atoms with Crippen LogP contribution in [0.5, 0.6) is 0 Å². The topological polar surface area (TPSA) is 43.8 Å². The van der Waals surface area contributed by atoms with Gasteiger partial charge in [-0.1, -0.05) is 0 Å². The third kappa shape index (κ3) is 3.80. The van der Waals surface area contributed by atoms with Gasteiger partial charge in [-0.05, 0) is 35.4 Å². The van der Waals surface area contributed by atoms with Crippen molar-refractivity contribution in [3.63, 3.8) is 0 Å². The highest BCUT2D eigenvalue weighted by molar-refractivity contribution is 7.07. The highest BCUT2D eigenvalue weighted by Gasteiger charge is 2.18. The number of rotatable bonds is 4. The zero-order valence-electron chi connectivity index (χ0n) is 10.5. The summed E-state index contributed by atoms with van der Waals surface area (Å²) in [7, 11) is 0. The van der Waals surface area contributed by atoms with E-state index in [9.17, 15) is 4.79 Å². The molecule has 100 valence electrons. The summed E-state index contributed by atoms with van der Waals surface area (Å²) in [5.74, 6) is 0.222. The van der Waals surface area contributed by atoms with Crippen LogP contribution in [0.2, 0.25) is 0 Å². The molecule has 1 aliphatic heterocycles. The first-order chi connectivity index (χ1) is 8.79. The molecule has 18 heavy (non-hydrogen) atoms. The van der Waals surface area contributed by atoms with Gasteiger partial charge in [0.25, 0.3) is 0 Å². The Morgan fingerprint density at radius 1 is 1.33 bits per heavy atom. The van der Waals surface area contributed by atoms with Crippen LogP contribution >= 0.6 is 11.3 Å². The number of hydrogen-bond acceptors (Lipinski definition) is 4. The van der Waals surface area contributed by atoms with Gasteiger partial charge in [0, 0.05) is 26.2 Å². The quantitative estimate of drug-likeness (QED) is 0.879. The van der Waals surface area contributed by atoms with Gasteiger partial charge in [0.2, 0.25) is 5.91 Å². The Kier molecular flexibility index (Phi) is 5.16. The lowest BCUT2D eigenvalue weighted by Crippen LogP contribution is -2.36. The molecule has 0 radical (unpaired) electrons. The number of β-amino-alcohol motifs (C(OH)–C–C–N with tert-alkyl or cyclic N) is 1. The van der Waals surface area contributed by atoms with Gasteiger partial charge in [-0.15, -0.1) is 0 Å². The van der Waals surface area contributed by atoms with E-state index >= 15 is 0 Å².